The molecule has 0 fully saturated rings. The van der Waals surface area contributed by atoms with Gasteiger partial charge in [-0.1, -0.05) is 18.2 Å². The lowest BCUT2D eigenvalue weighted by atomic mass is 9.99. The molecule has 0 radical (unpaired) electrons. The number of fused-ring (bicyclic) bond motifs is 1. The zero-order chi connectivity index (χ0) is 12.6. The van der Waals surface area contributed by atoms with Crippen LogP contribution in [0.2, 0.25) is 0 Å². The number of ether oxygens (including phenoxy) is 2. The van der Waals surface area contributed by atoms with Crippen molar-refractivity contribution in [1.82, 2.24) is 0 Å². The number of carbonyl (C=O) groups is 1. The number of hydrogen-bond acceptors (Lipinski definition) is 4. The minimum Gasteiger partial charge on any atom is -0.487 e. The summed E-state index contributed by atoms with van der Waals surface area (Å²) >= 11 is 0. The Morgan fingerprint density at radius 3 is 2.88 bits per heavy atom. The molecule has 4 nitrogen and oxygen atoms in total. The third-order valence-corrected chi connectivity index (χ3v) is 2.84. The Bertz CT molecular complexity index is 451. The molecule has 0 aromatic heterocycles. The van der Waals surface area contributed by atoms with E-state index in [2.05, 4.69) is 4.74 Å². The molecule has 1 aliphatic rings. The van der Waals surface area contributed by atoms with Crippen LogP contribution in [0.4, 0.5) is 0 Å². The van der Waals surface area contributed by atoms with Crippen molar-refractivity contribution < 1.29 is 19.4 Å². The smallest absolute Gasteiger partial charge is 0.339 e. The average molecular weight is 236 g/mol. The van der Waals surface area contributed by atoms with Gasteiger partial charge in [0.25, 0.3) is 0 Å². The van der Waals surface area contributed by atoms with Gasteiger partial charge in [0.05, 0.1) is 7.11 Å². The molecule has 0 bridgehead atoms. The first-order valence-corrected chi connectivity index (χ1v) is 5.51. The van der Waals surface area contributed by atoms with Crippen LogP contribution in [0.15, 0.2) is 18.2 Å². The fraction of sp³-hybridized carbons (Fsp3) is 0.462. The highest BCUT2D eigenvalue weighted by Crippen LogP contribution is 2.40. The third kappa shape index (κ3) is 2.13. The predicted molar refractivity (Wildman–Crippen MR) is 61.8 cm³/mol. The van der Waals surface area contributed by atoms with E-state index in [1.807, 2.05) is 26.0 Å². The zero-order valence-corrected chi connectivity index (χ0v) is 10.2. The standard InChI is InChI=1S/C13H16O4/c1-13(2)7-8-5-4-6-9(11(8)17-13)10(14)12(15)16-3/h4-6,10,14H,7H2,1-3H3. The van der Waals surface area contributed by atoms with Crippen molar-refractivity contribution in [3.8, 4) is 5.75 Å². The molecule has 1 unspecified atom stereocenters. The Morgan fingerprint density at radius 1 is 1.53 bits per heavy atom. The van der Waals surface area contributed by atoms with Gasteiger partial charge < -0.3 is 14.6 Å². The van der Waals surface area contributed by atoms with Crippen molar-refractivity contribution in [2.45, 2.75) is 32.0 Å². The molecule has 1 atom stereocenters. The number of methoxy groups -OCH3 is 1. The second kappa shape index (κ2) is 4.04. The van der Waals surface area contributed by atoms with Gasteiger partial charge in [0.2, 0.25) is 0 Å². The lowest BCUT2D eigenvalue weighted by Crippen LogP contribution is -2.25. The second-order valence-electron chi connectivity index (χ2n) is 4.80. The van der Waals surface area contributed by atoms with Gasteiger partial charge in [-0.25, -0.2) is 4.79 Å². The van der Waals surface area contributed by atoms with Gasteiger partial charge in [0, 0.05) is 12.0 Å². The molecule has 92 valence electrons. The number of carbonyl (C=O) groups excluding carboxylic acids is 1. The lowest BCUT2D eigenvalue weighted by molar-refractivity contribution is -0.150. The minimum absolute atomic E-state index is 0.297. The van der Waals surface area contributed by atoms with Gasteiger partial charge >= 0.3 is 5.97 Å². The van der Waals surface area contributed by atoms with E-state index in [0.29, 0.717) is 11.3 Å². The van der Waals surface area contributed by atoms with E-state index in [4.69, 9.17) is 4.74 Å². The molecule has 0 spiro atoms. The highest BCUT2D eigenvalue weighted by Gasteiger charge is 2.34. The largest absolute Gasteiger partial charge is 0.487 e. The molecule has 1 aromatic rings. The molecule has 0 aliphatic carbocycles. The fourth-order valence-corrected chi connectivity index (χ4v) is 2.09. The van der Waals surface area contributed by atoms with Crippen LogP contribution >= 0.6 is 0 Å². The summed E-state index contributed by atoms with van der Waals surface area (Å²) in [6.07, 6.45) is -0.520. The van der Waals surface area contributed by atoms with E-state index in [0.717, 1.165) is 12.0 Å². The monoisotopic (exact) mass is 236 g/mol. The summed E-state index contributed by atoms with van der Waals surface area (Å²) in [4.78, 5) is 11.3. The highest BCUT2D eigenvalue weighted by atomic mass is 16.5. The Balaban J connectivity index is 2.39. The van der Waals surface area contributed by atoms with Crippen LogP contribution < -0.4 is 4.74 Å². The van der Waals surface area contributed by atoms with Crippen molar-refractivity contribution >= 4 is 5.97 Å². The summed E-state index contributed by atoms with van der Waals surface area (Å²) < 4.78 is 10.3. The molecule has 17 heavy (non-hydrogen) atoms. The van der Waals surface area contributed by atoms with E-state index in [1.165, 1.54) is 7.11 Å². The first-order valence-electron chi connectivity index (χ1n) is 5.51. The zero-order valence-electron chi connectivity index (χ0n) is 10.2. The minimum atomic E-state index is -1.29. The number of aliphatic hydroxyl groups excluding tert-OH is 1. The molecular formula is C13H16O4. The lowest BCUT2D eigenvalue weighted by Gasteiger charge is -2.19. The molecule has 4 heteroatoms. The molecule has 1 aromatic carbocycles. The van der Waals surface area contributed by atoms with Crippen LogP contribution in [-0.4, -0.2) is 23.8 Å². The Hall–Kier alpha value is -1.55. The van der Waals surface area contributed by atoms with Crippen LogP contribution in [0, 0.1) is 0 Å². The molecule has 0 saturated carbocycles. The van der Waals surface area contributed by atoms with Crippen LogP contribution in [-0.2, 0) is 16.0 Å². The number of esters is 1. The Kier molecular flexibility index (Phi) is 2.83. The van der Waals surface area contributed by atoms with Gasteiger partial charge in [-0.2, -0.15) is 0 Å². The summed E-state index contributed by atoms with van der Waals surface area (Å²) in [5.41, 5.74) is 1.18. The quantitative estimate of drug-likeness (QED) is 0.792. The molecule has 0 amide bonds. The summed E-state index contributed by atoms with van der Waals surface area (Å²) in [6.45, 7) is 3.95. The van der Waals surface area contributed by atoms with Gasteiger partial charge in [0.15, 0.2) is 6.10 Å². The van der Waals surface area contributed by atoms with Crippen molar-refractivity contribution in [1.29, 1.82) is 0 Å². The molecule has 1 aliphatic heterocycles. The normalized spacial score (nSPS) is 18.1. The van der Waals surface area contributed by atoms with E-state index in [9.17, 15) is 9.90 Å². The van der Waals surface area contributed by atoms with Crippen molar-refractivity contribution in [3.05, 3.63) is 29.3 Å². The van der Waals surface area contributed by atoms with E-state index >= 15 is 0 Å². The molecule has 1 heterocycles. The Morgan fingerprint density at radius 2 is 2.24 bits per heavy atom. The van der Waals surface area contributed by atoms with Crippen LogP contribution in [0.3, 0.4) is 0 Å². The Labute approximate surface area is 100 Å². The fourth-order valence-electron chi connectivity index (χ4n) is 2.09. The number of aliphatic hydroxyl groups is 1. The molecule has 1 N–H and O–H groups in total. The second-order valence-corrected chi connectivity index (χ2v) is 4.80. The summed E-state index contributed by atoms with van der Waals surface area (Å²) in [5, 5.41) is 9.87. The maximum atomic E-state index is 11.3. The summed E-state index contributed by atoms with van der Waals surface area (Å²) in [6, 6.07) is 5.44. The SMILES string of the molecule is COC(=O)C(O)c1cccc2c1OC(C)(C)C2. The number of benzene rings is 1. The summed E-state index contributed by atoms with van der Waals surface area (Å²) in [5.74, 6) is -0.0675. The van der Waals surface area contributed by atoms with Gasteiger partial charge in [-0.3, -0.25) is 0 Å². The van der Waals surface area contributed by atoms with Gasteiger partial charge in [-0.05, 0) is 19.4 Å². The van der Waals surface area contributed by atoms with Gasteiger partial charge in [0.1, 0.15) is 11.4 Å². The number of rotatable bonds is 2. The maximum absolute atomic E-state index is 11.3. The average Bonchev–Trinajstić information content (AvgIpc) is 2.60. The molecular weight excluding hydrogens is 220 g/mol. The topological polar surface area (TPSA) is 55.8 Å². The van der Waals surface area contributed by atoms with Crippen LogP contribution in [0.5, 0.6) is 5.75 Å². The molecule has 2 rings (SSSR count). The van der Waals surface area contributed by atoms with E-state index < -0.39 is 12.1 Å². The van der Waals surface area contributed by atoms with Crippen LogP contribution in [0.1, 0.15) is 31.1 Å². The first kappa shape index (κ1) is 11.9. The number of para-hydroxylation sites is 1. The first-order chi connectivity index (χ1) is 7.94. The van der Waals surface area contributed by atoms with Crippen molar-refractivity contribution in [2.24, 2.45) is 0 Å². The molecule has 0 saturated heterocycles. The summed E-state index contributed by atoms with van der Waals surface area (Å²) in [7, 11) is 1.25. The van der Waals surface area contributed by atoms with E-state index in [1.54, 1.807) is 6.07 Å². The van der Waals surface area contributed by atoms with Crippen molar-refractivity contribution in [2.75, 3.05) is 7.11 Å². The number of hydrogen-bond donors (Lipinski definition) is 1. The third-order valence-electron chi connectivity index (χ3n) is 2.84. The maximum Gasteiger partial charge on any atom is 0.339 e. The highest BCUT2D eigenvalue weighted by molar-refractivity contribution is 5.77. The predicted octanol–water partition coefficient (Wildman–Crippen LogP) is 1.61. The van der Waals surface area contributed by atoms with Crippen molar-refractivity contribution in [3.63, 3.8) is 0 Å². The van der Waals surface area contributed by atoms with E-state index in [-0.39, 0.29) is 5.60 Å². The van der Waals surface area contributed by atoms with Gasteiger partial charge in [-0.15, -0.1) is 0 Å². The van der Waals surface area contributed by atoms with Crippen LogP contribution in [0.25, 0.3) is 0 Å².